The zero-order chi connectivity index (χ0) is 22.3. The van der Waals surface area contributed by atoms with Crippen LogP contribution in [0.2, 0.25) is 5.02 Å². The van der Waals surface area contributed by atoms with Gasteiger partial charge in [-0.3, -0.25) is 4.79 Å². The van der Waals surface area contributed by atoms with E-state index in [9.17, 15) is 15.3 Å². The second-order valence-electron chi connectivity index (χ2n) is 8.07. The minimum absolute atomic E-state index is 0.141. The fourth-order valence-electron chi connectivity index (χ4n) is 5.05. The lowest BCUT2D eigenvalue weighted by Crippen LogP contribution is -2.44. The maximum atomic E-state index is 14.0. The standard InChI is InChI=1S/C27H18ClN3O/c28-21-13-10-20(11-14-21)26(32)25-24(19-7-2-1-3-8-19)27(16-29,17-30)23-15-12-18-6-4-5-9-22(18)31(23)25/h1-15,23-25H/t23-,24-,25+/m0/s1. The van der Waals surface area contributed by atoms with Gasteiger partial charge in [0, 0.05) is 22.2 Å². The van der Waals surface area contributed by atoms with Crippen molar-refractivity contribution in [3.63, 3.8) is 0 Å². The monoisotopic (exact) mass is 435 g/mol. The van der Waals surface area contributed by atoms with E-state index in [2.05, 4.69) is 12.1 Å². The zero-order valence-electron chi connectivity index (χ0n) is 17.0. The van der Waals surface area contributed by atoms with Crippen LogP contribution in [0.3, 0.4) is 0 Å². The van der Waals surface area contributed by atoms with Gasteiger partial charge >= 0.3 is 0 Å². The molecule has 0 aliphatic carbocycles. The second kappa shape index (κ2) is 7.68. The highest BCUT2D eigenvalue weighted by Crippen LogP contribution is 2.55. The molecular formula is C27H18ClN3O. The van der Waals surface area contributed by atoms with E-state index in [1.165, 1.54) is 0 Å². The molecule has 5 heteroatoms. The lowest BCUT2D eigenvalue weighted by atomic mass is 9.69. The summed E-state index contributed by atoms with van der Waals surface area (Å²) in [6.07, 6.45) is 3.83. The van der Waals surface area contributed by atoms with Crippen LogP contribution < -0.4 is 4.90 Å². The number of rotatable bonds is 3. The molecule has 0 amide bonds. The van der Waals surface area contributed by atoms with E-state index >= 15 is 0 Å². The van der Waals surface area contributed by atoms with Gasteiger partial charge in [-0.15, -0.1) is 0 Å². The molecule has 0 aromatic heterocycles. The van der Waals surface area contributed by atoms with Gasteiger partial charge in [-0.25, -0.2) is 0 Å². The molecule has 0 radical (unpaired) electrons. The van der Waals surface area contributed by atoms with Crippen LogP contribution in [-0.4, -0.2) is 17.9 Å². The number of anilines is 1. The molecule has 2 aliphatic rings. The molecule has 4 nitrogen and oxygen atoms in total. The summed E-state index contributed by atoms with van der Waals surface area (Å²) >= 11 is 6.05. The van der Waals surface area contributed by atoms with Crippen molar-refractivity contribution >= 4 is 29.1 Å². The highest BCUT2D eigenvalue weighted by molar-refractivity contribution is 6.30. The van der Waals surface area contributed by atoms with Crippen LogP contribution in [-0.2, 0) is 0 Å². The zero-order valence-corrected chi connectivity index (χ0v) is 17.8. The lowest BCUT2D eigenvalue weighted by molar-refractivity contribution is 0.0951. The van der Waals surface area contributed by atoms with Crippen molar-refractivity contribution in [1.82, 2.24) is 0 Å². The van der Waals surface area contributed by atoms with Gasteiger partial charge in [-0.05, 0) is 41.5 Å². The fraction of sp³-hybridized carbons (Fsp3) is 0.148. The summed E-state index contributed by atoms with van der Waals surface area (Å²) in [5.74, 6) is -0.777. The number of carbonyl (C=O) groups is 1. The Labute approximate surface area is 191 Å². The first-order valence-electron chi connectivity index (χ1n) is 10.3. The molecule has 0 unspecified atom stereocenters. The number of nitriles is 2. The summed E-state index contributed by atoms with van der Waals surface area (Å²) in [4.78, 5) is 16.0. The van der Waals surface area contributed by atoms with Crippen molar-refractivity contribution in [2.75, 3.05) is 4.90 Å². The van der Waals surface area contributed by atoms with E-state index < -0.39 is 23.4 Å². The van der Waals surface area contributed by atoms with Crippen LogP contribution in [0.1, 0.15) is 27.4 Å². The molecule has 1 fully saturated rings. The van der Waals surface area contributed by atoms with Gasteiger partial charge < -0.3 is 4.90 Å². The topological polar surface area (TPSA) is 67.9 Å². The number of halogens is 1. The average molecular weight is 436 g/mol. The summed E-state index contributed by atoms with van der Waals surface area (Å²) in [7, 11) is 0. The van der Waals surface area contributed by atoms with Gasteiger partial charge in [0.2, 0.25) is 0 Å². The second-order valence-corrected chi connectivity index (χ2v) is 8.50. The molecule has 5 rings (SSSR count). The Balaban J connectivity index is 1.78. The first kappa shape index (κ1) is 20.1. The first-order valence-corrected chi connectivity index (χ1v) is 10.7. The summed E-state index contributed by atoms with van der Waals surface area (Å²) in [5.41, 5.74) is 1.66. The molecular weight excluding hydrogens is 418 g/mol. The normalized spacial score (nSPS) is 22.3. The lowest BCUT2D eigenvalue weighted by Gasteiger charge is -2.35. The summed E-state index contributed by atoms with van der Waals surface area (Å²) in [5, 5.41) is 21.3. The molecule has 32 heavy (non-hydrogen) atoms. The van der Waals surface area contributed by atoms with Crippen molar-refractivity contribution < 1.29 is 4.79 Å². The number of nitrogens with zero attached hydrogens (tertiary/aromatic N) is 3. The maximum absolute atomic E-state index is 14.0. The Morgan fingerprint density at radius 1 is 0.906 bits per heavy atom. The number of fused-ring (bicyclic) bond motifs is 3. The molecule has 3 aromatic carbocycles. The van der Waals surface area contributed by atoms with Gasteiger partial charge in [0.1, 0.15) is 6.04 Å². The van der Waals surface area contributed by atoms with Crippen molar-refractivity contribution in [2.45, 2.75) is 18.0 Å². The predicted molar refractivity (Wildman–Crippen MR) is 124 cm³/mol. The number of carbonyl (C=O) groups excluding carboxylic acids is 1. The summed E-state index contributed by atoms with van der Waals surface area (Å²) < 4.78 is 0. The van der Waals surface area contributed by atoms with Gasteiger partial charge in [-0.1, -0.05) is 72.3 Å². The number of benzene rings is 3. The number of hydrogen-bond donors (Lipinski definition) is 0. The predicted octanol–water partition coefficient (Wildman–Crippen LogP) is 5.62. The Hall–Kier alpha value is -3.86. The van der Waals surface area contributed by atoms with Gasteiger partial charge in [-0.2, -0.15) is 10.5 Å². The van der Waals surface area contributed by atoms with E-state index in [1.807, 2.05) is 71.6 Å². The van der Waals surface area contributed by atoms with Crippen LogP contribution in [0.4, 0.5) is 5.69 Å². The highest BCUT2D eigenvalue weighted by Gasteiger charge is 2.63. The van der Waals surface area contributed by atoms with Crippen molar-refractivity contribution in [3.05, 3.63) is 107 Å². The van der Waals surface area contributed by atoms with E-state index in [-0.39, 0.29) is 5.78 Å². The third-order valence-electron chi connectivity index (χ3n) is 6.47. The highest BCUT2D eigenvalue weighted by atomic mass is 35.5. The molecule has 0 spiro atoms. The fourth-order valence-corrected chi connectivity index (χ4v) is 5.18. The van der Waals surface area contributed by atoms with E-state index in [4.69, 9.17) is 11.6 Å². The van der Waals surface area contributed by atoms with Crippen LogP contribution in [0.25, 0.3) is 6.08 Å². The largest absolute Gasteiger partial charge is 0.351 e. The van der Waals surface area contributed by atoms with Gasteiger partial charge in [0.15, 0.2) is 11.2 Å². The molecule has 154 valence electrons. The Bertz CT molecular complexity index is 1290. The van der Waals surface area contributed by atoms with Gasteiger partial charge in [0.05, 0.1) is 18.2 Å². The molecule has 0 N–H and O–H groups in total. The smallest absolute Gasteiger partial charge is 0.185 e. The van der Waals surface area contributed by atoms with Crippen LogP contribution in [0.5, 0.6) is 0 Å². The van der Waals surface area contributed by atoms with E-state index in [0.29, 0.717) is 10.6 Å². The Morgan fingerprint density at radius 3 is 2.25 bits per heavy atom. The molecule has 1 saturated heterocycles. The van der Waals surface area contributed by atoms with Crippen LogP contribution >= 0.6 is 11.6 Å². The summed E-state index contributed by atoms with van der Waals surface area (Å²) in [6, 6.07) is 27.3. The van der Waals surface area contributed by atoms with Crippen molar-refractivity contribution in [2.24, 2.45) is 5.41 Å². The number of Topliss-reactive ketones (excluding diaryl/α,β-unsaturated/α-hetero) is 1. The molecule has 3 atom stereocenters. The van der Waals surface area contributed by atoms with Crippen molar-refractivity contribution in [3.8, 4) is 12.1 Å². The molecule has 3 aromatic rings. The van der Waals surface area contributed by atoms with E-state index in [0.717, 1.165) is 16.8 Å². The van der Waals surface area contributed by atoms with E-state index in [1.54, 1.807) is 24.3 Å². The Morgan fingerprint density at radius 2 is 1.56 bits per heavy atom. The third-order valence-corrected chi connectivity index (χ3v) is 6.72. The maximum Gasteiger partial charge on any atom is 0.185 e. The number of ketones is 1. The number of hydrogen-bond acceptors (Lipinski definition) is 4. The third kappa shape index (κ3) is 2.85. The first-order chi connectivity index (χ1) is 15.6. The Kier molecular flexibility index (Phi) is 4.82. The van der Waals surface area contributed by atoms with Crippen LogP contribution in [0.15, 0.2) is 84.9 Å². The molecule has 0 bridgehead atoms. The number of para-hydroxylation sites is 1. The average Bonchev–Trinajstić information content (AvgIpc) is 3.15. The van der Waals surface area contributed by atoms with Gasteiger partial charge in [0.25, 0.3) is 0 Å². The molecule has 2 aliphatic heterocycles. The minimum atomic E-state index is -1.43. The SMILES string of the molecule is N#CC1(C#N)[C@@H]2C=Cc3ccccc3N2[C@@H](C(=O)c2ccc(Cl)cc2)[C@@H]1c1ccccc1. The molecule has 2 heterocycles. The van der Waals surface area contributed by atoms with Crippen LogP contribution in [0, 0.1) is 28.1 Å². The summed E-state index contributed by atoms with van der Waals surface area (Å²) in [6.45, 7) is 0. The van der Waals surface area contributed by atoms with Crippen molar-refractivity contribution in [1.29, 1.82) is 10.5 Å². The minimum Gasteiger partial charge on any atom is -0.351 e. The molecule has 0 saturated carbocycles. The quantitative estimate of drug-likeness (QED) is 0.500.